The molecule has 0 fully saturated rings. The zero-order chi connectivity index (χ0) is 10.9. The van der Waals surface area contributed by atoms with Crippen molar-refractivity contribution in [1.82, 2.24) is 0 Å². The second-order valence-electron chi connectivity index (χ2n) is 2.69. The van der Waals surface area contributed by atoms with Crippen LogP contribution in [0, 0.1) is 7.14 Å². The second kappa shape index (κ2) is 6.36. The molecule has 3 N–H and O–H groups in total. The highest BCUT2D eigenvalue weighted by molar-refractivity contribution is 14.1. The number of nitrogens with two attached hydrogens (primary N) is 1. The van der Waals surface area contributed by atoms with Crippen molar-refractivity contribution in [3.05, 3.63) is 24.8 Å². The van der Waals surface area contributed by atoms with Crippen LogP contribution in [0.3, 0.4) is 0 Å². The summed E-state index contributed by atoms with van der Waals surface area (Å²) in [5.74, 6) is -0.154. The number of phenols is 1. The molecule has 0 aromatic heterocycles. The van der Waals surface area contributed by atoms with Gasteiger partial charge < -0.3 is 10.8 Å². The summed E-state index contributed by atoms with van der Waals surface area (Å²) in [5, 5.41) is 9.52. The Morgan fingerprint density at radius 1 is 1.27 bits per heavy atom. The number of aromatic hydroxyl groups is 1. The standard InChI is InChI=1S/C8H7F2I2NO.ClH/c9-8(10)6(13)4-1-3(11)2-5(12)7(4)14;/h1-2,6,8,14H,13H2;1H/t6-;/m0./s1. The molecule has 1 aromatic rings. The van der Waals surface area contributed by atoms with E-state index in [1.165, 1.54) is 6.07 Å². The molecule has 15 heavy (non-hydrogen) atoms. The number of halogens is 5. The minimum Gasteiger partial charge on any atom is -0.506 e. The average molecular weight is 461 g/mol. The lowest BCUT2D eigenvalue weighted by molar-refractivity contribution is 0.115. The summed E-state index contributed by atoms with van der Waals surface area (Å²) in [7, 11) is 0. The molecule has 1 aromatic carbocycles. The Balaban J connectivity index is 0.00000196. The van der Waals surface area contributed by atoms with E-state index < -0.39 is 12.5 Å². The van der Waals surface area contributed by atoms with Gasteiger partial charge >= 0.3 is 0 Å². The molecule has 0 bridgehead atoms. The van der Waals surface area contributed by atoms with Gasteiger partial charge in [-0.05, 0) is 57.3 Å². The average Bonchev–Trinajstić information content (AvgIpc) is 2.09. The van der Waals surface area contributed by atoms with Crippen molar-refractivity contribution in [3.63, 3.8) is 0 Å². The van der Waals surface area contributed by atoms with E-state index in [0.29, 0.717) is 3.57 Å². The lowest BCUT2D eigenvalue weighted by atomic mass is 10.1. The molecular formula is C8H8ClF2I2NO. The Morgan fingerprint density at radius 3 is 2.27 bits per heavy atom. The van der Waals surface area contributed by atoms with Gasteiger partial charge in [-0.15, -0.1) is 12.4 Å². The maximum Gasteiger partial charge on any atom is 0.257 e. The van der Waals surface area contributed by atoms with Gasteiger partial charge in [-0.2, -0.15) is 0 Å². The lowest BCUT2D eigenvalue weighted by Gasteiger charge is -2.14. The van der Waals surface area contributed by atoms with Gasteiger partial charge in [-0.1, -0.05) is 0 Å². The summed E-state index contributed by atoms with van der Waals surface area (Å²) in [6.07, 6.45) is -2.67. The van der Waals surface area contributed by atoms with Crippen molar-refractivity contribution in [2.75, 3.05) is 0 Å². The quantitative estimate of drug-likeness (QED) is 0.665. The van der Waals surface area contributed by atoms with Gasteiger partial charge in [0.2, 0.25) is 0 Å². The first kappa shape index (κ1) is 15.6. The smallest absolute Gasteiger partial charge is 0.257 e. The highest BCUT2D eigenvalue weighted by Crippen LogP contribution is 2.32. The number of alkyl halides is 2. The fourth-order valence-electron chi connectivity index (χ4n) is 0.976. The maximum atomic E-state index is 12.3. The third-order valence-electron chi connectivity index (χ3n) is 1.69. The summed E-state index contributed by atoms with van der Waals surface area (Å²) in [6, 6.07) is 1.73. The molecule has 1 rings (SSSR count). The molecule has 0 saturated carbocycles. The van der Waals surface area contributed by atoms with E-state index >= 15 is 0 Å². The largest absolute Gasteiger partial charge is 0.506 e. The number of rotatable bonds is 2. The van der Waals surface area contributed by atoms with Crippen molar-refractivity contribution in [1.29, 1.82) is 0 Å². The van der Waals surface area contributed by atoms with Crippen molar-refractivity contribution < 1.29 is 13.9 Å². The minimum absolute atomic E-state index is 0. The van der Waals surface area contributed by atoms with Crippen molar-refractivity contribution in [2.24, 2.45) is 5.73 Å². The molecule has 0 aliphatic rings. The van der Waals surface area contributed by atoms with Gasteiger partial charge in [0.1, 0.15) is 5.75 Å². The van der Waals surface area contributed by atoms with Crippen molar-refractivity contribution in [3.8, 4) is 5.75 Å². The van der Waals surface area contributed by atoms with Crippen LogP contribution in [-0.4, -0.2) is 11.5 Å². The molecule has 0 spiro atoms. The predicted octanol–water partition coefficient (Wildman–Crippen LogP) is 3.29. The third kappa shape index (κ3) is 3.82. The van der Waals surface area contributed by atoms with E-state index in [0.717, 1.165) is 3.57 Å². The first-order chi connectivity index (χ1) is 6.43. The SMILES string of the molecule is Cl.N[C@@H](c1cc(I)cc(I)c1O)C(F)F. The minimum atomic E-state index is -2.67. The summed E-state index contributed by atoms with van der Waals surface area (Å²) in [5.41, 5.74) is 5.35. The number of phenolic OH excluding ortho intramolecular Hbond substituents is 1. The molecule has 1 atom stereocenters. The topological polar surface area (TPSA) is 46.2 Å². The van der Waals surface area contributed by atoms with Gasteiger partial charge in [0.15, 0.2) is 0 Å². The Hall–Kier alpha value is 0.590. The van der Waals surface area contributed by atoms with Crippen LogP contribution in [-0.2, 0) is 0 Å². The summed E-state index contributed by atoms with van der Waals surface area (Å²) in [6.45, 7) is 0. The molecule has 0 aliphatic carbocycles. The molecule has 86 valence electrons. The van der Waals surface area contributed by atoms with Crippen molar-refractivity contribution in [2.45, 2.75) is 12.5 Å². The van der Waals surface area contributed by atoms with Gasteiger partial charge in [0.05, 0.1) is 9.61 Å². The van der Waals surface area contributed by atoms with Crippen LogP contribution in [0.2, 0.25) is 0 Å². The van der Waals surface area contributed by atoms with E-state index in [-0.39, 0.29) is 23.7 Å². The van der Waals surface area contributed by atoms with Crippen LogP contribution in [0.15, 0.2) is 12.1 Å². The van der Waals surface area contributed by atoms with Gasteiger partial charge in [0, 0.05) is 9.13 Å². The summed E-state index contributed by atoms with van der Waals surface area (Å²) < 4.78 is 25.9. The fourth-order valence-corrected chi connectivity index (χ4v) is 2.87. The number of benzene rings is 1. The van der Waals surface area contributed by atoms with Gasteiger partial charge in [-0.3, -0.25) is 0 Å². The van der Waals surface area contributed by atoms with E-state index in [9.17, 15) is 13.9 Å². The molecule has 0 aliphatic heterocycles. The molecular weight excluding hydrogens is 453 g/mol. The van der Waals surface area contributed by atoms with Crippen LogP contribution in [0.4, 0.5) is 8.78 Å². The van der Waals surface area contributed by atoms with E-state index in [4.69, 9.17) is 5.73 Å². The van der Waals surface area contributed by atoms with Crippen LogP contribution in [0.1, 0.15) is 11.6 Å². The molecule has 0 radical (unpaired) electrons. The Bertz CT molecular complexity index is 352. The Kier molecular flexibility index (Phi) is 6.61. The fraction of sp³-hybridized carbons (Fsp3) is 0.250. The van der Waals surface area contributed by atoms with Crippen molar-refractivity contribution >= 4 is 57.6 Å². The lowest BCUT2D eigenvalue weighted by Crippen LogP contribution is -2.19. The van der Waals surface area contributed by atoms with E-state index in [2.05, 4.69) is 0 Å². The van der Waals surface area contributed by atoms with Crippen LogP contribution >= 0.6 is 57.6 Å². The van der Waals surface area contributed by atoms with Crippen LogP contribution in [0.25, 0.3) is 0 Å². The highest BCUT2D eigenvalue weighted by atomic mass is 127. The maximum absolute atomic E-state index is 12.3. The molecule has 0 heterocycles. The number of hydrogen-bond donors (Lipinski definition) is 2. The molecule has 0 saturated heterocycles. The van der Waals surface area contributed by atoms with Gasteiger partial charge in [0.25, 0.3) is 6.43 Å². The zero-order valence-corrected chi connectivity index (χ0v) is 12.4. The monoisotopic (exact) mass is 461 g/mol. The molecule has 0 unspecified atom stereocenters. The Labute approximate surface area is 119 Å². The van der Waals surface area contributed by atoms with E-state index in [1.54, 1.807) is 6.07 Å². The summed E-state index contributed by atoms with van der Waals surface area (Å²) >= 11 is 3.87. The first-order valence-electron chi connectivity index (χ1n) is 3.65. The normalized spacial score (nSPS) is 12.4. The first-order valence-corrected chi connectivity index (χ1v) is 5.81. The highest BCUT2D eigenvalue weighted by Gasteiger charge is 2.22. The number of hydrogen-bond acceptors (Lipinski definition) is 2. The molecule has 0 amide bonds. The van der Waals surface area contributed by atoms with Crippen LogP contribution < -0.4 is 5.73 Å². The zero-order valence-electron chi connectivity index (χ0n) is 7.25. The molecule has 2 nitrogen and oxygen atoms in total. The predicted molar refractivity (Wildman–Crippen MR) is 73.7 cm³/mol. The molecule has 7 heteroatoms. The van der Waals surface area contributed by atoms with Gasteiger partial charge in [-0.25, -0.2) is 8.78 Å². The van der Waals surface area contributed by atoms with E-state index in [1.807, 2.05) is 45.2 Å². The summed E-state index contributed by atoms with van der Waals surface area (Å²) in [4.78, 5) is 0. The second-order valence-corrected chi connectivity index (χ2v) is 5.09. The van der Waals surface area contributed by atoms with Crippen LogP contribution in [0.5, 0.6) is 5.75 Å². The Morgan fingerprint density at radius 2 is 1.80 bits per heavy atom. The third-order valence-corrected chi connectivity index (χ3v) is 3.13.